The number of aliphatic hydroxyl groups is 1. The zero-order chi connectivity index (χ0) is 24.5. The second kappa shape index (κ2) is 9.50. The molecule has 0 unspecified atom stereocenters. The summed E-state index contributed by atoms with van der Waals surface area (Å²) in [6.45, 7) is 6.09. The molecule has 34 heavy (non-hydrogen) atoms. The molecule has 0 aliphatic carbocycles. The number of rotatable bonds is 6. The molecular formula is C25H28F2N4O3. The van der Waals surface area contributed by atoms with E-state index < -0.39 is 23.3 Å². The van der Waals surface area contributed by atoms with Crippen molar-refractivity contribution in [3.05, 3.63) is 71.6 Å². The van der Waals surface area contributed by atoms with Crippen molar-refractivity contribution in [2.75, 3.05) is 13.1 Å². The van der Waals surface area contributed by atoms with Gasteiger partial charge in [-0.25, -0.2) is 13.5 Å². The fourth-order valence-corrected chi connectivity index (χ4v) is 4.43. The largest absolute Gasteiger partial charge is 0.486 e. The van der Waals surface area contributed by atoms with Crippen molar-refractivity contribution in [3.63, 3.8) is 0 Å². The molecule has 0 radical (unpaired) electrons. The van der Waals surface area contributed by atoms with E-state index >= 15 is 0 Å². The molecule has 9 heteroatoms. The van der Waals surface area contributed by atoms with Crippen molar-refractivity contribution in [2.45, 2.75) is 45.3 Å². The van der Waals surface area contributed by atoms with Gasteiger partial charge in [0, 0.05) is 6.54 Å². The molecule has 1 aliphatic heterocycles. The molecule has 1 aliphatic rings. The molecule has 4 rings (SSSR count). The highest BCUT2D eigenvalue weighted by Gasteiger charge is 2.45. The first kappa shape index (κ1) is 23.8. The van der Waals surface area contributed by atoms with Gasteiger partial charge < -0.3 is 14.7 Å². The Kier molecular flexibility index (Phi) is 6.65. The average Bonchev–Trinajstić information content (AvgIpc) is 3.17. The van der Waals surface area contributed by atoms with Crippen LogP contribution in [0.5, 0.6) is 5.75 Å². The molecule has 0 spiro atoms. The highest BCUT2D eigenvalue weighted by molar-refractivity contribution is 5.93. The van der Waals surface area contributed by atoms with Gasteiger partial charge in [0.05, 0.1) is 12.2 Å². The van der Waals surface area contributed by atoms with Crippen LogP contribution in [0.4, 0.5) is 8.78 Å². The molecule has 1 aromatic heterocycles. The normalized spacial score (nSPS) is 20.6. The lowest BCUT2D eigenvalue weighted by Gasteiger charge is -2.45. The van der Waals surface area contributed by atoms with Crippen molar-refractivity contribution < 1.29 is 23.4 Å². The summed E-state index contributed by atoms with van der Waals surface area (Å²) < 4.78 is 34.9. The molecule has 3 aromatic rings. The number of carbonyl (C=O) groups excluding carboxylic acids is 1. The lowest BCUT2D eigenvalue weighted by Crippen LogP contribution is -2.59. The number of nitrogens with zero attached hydrogens (tertiary/aromatic N) is 4. The van der Waals surface area contributed by atoms with E-state index in [-0.39, 0.29) is 29.8 Å². The van der Waals surface area contributed by atoms with Crippen LogP contribution >= 0.6 is 0 Å². The minimum absolute atomic E-state index is 0.109. The van der Waals surface area contributed by atoms with Crippen LogP contribution < -0.4 is 4.74 Å². The number of carbonyl (C=O) groups is 1. The maximum atomic E-state index is 14.2. The molecule has 7 nitrogen and oxygen atoms in total. The summed E-state index contributed by atoms with van der Waals surface area (Å²) in [6, 6.07) is 11.7. The number of benzene rings is 2. The Balaban J connectivity index is 1.58. The second-order valence-corrected chi connectivity index (χ2v) is 9.15. The minimum Gasteiger partial charge on any atom is -0.486 e. The highest BCUT2D eigenvalue weighted by atomic mass is 19.1. The van der Waals surface area contributed by atoms with E-state index in [4.69, 9.17) is 4.74 Å². The Morgan fingerprint density at radius 3 is 2.59 bits per heavy atom. The van der Waals surface area contributed by atoms with E-state index in [9.17, 15) is 18.7 Å². The summed E-state index contributed by atoms with van der Waals surface area (Å²) >= 11 is 0. The van der Waals surface area contributed by atoms with Gasteiger partial charge in [-0.15, -0.1) is 5.10 Å². The minimum atomic E-state index is -1.15. The van der Waals surface area contributed by atoms with Gasteiger partial charge >= 0.3 is 0 Å². The van der Waals surface area contributed by atoms with Crippen molar-refractivity contribution >= 4 is 5.91 Å². The van der Waals surface area contributed by atoms with Gasteiger partial charge in [0.15, 0.2) is 5.69 Å². The van der Waals surface area contributed by atoms with Gasteiger partial charge in [0.1, 0.15) is 34.8 Å². The molecule has 0 bridgehead atoms. The highest BCUT2D eigenvalue weighted by Crippen LogP contribution is 2.33. The summed E-state index contributed by atoms with van der Waals surface area (Å²) in [5.41, 5.74) is -0.430. The third kappa shape index (κ3) is 4.79. The number of aromatic nitrogens is 3. The lowest BCUT2D eigenvalue weighted by atomic mass is 9.81. The number of likely N-dealkylation sites (tertiary alicyclic amines) is 1. The molecule has 2 aromatic carbocycles. The molecule has 1 amide bonds. The fraction of sp³-hybridized carbons (Fsp3) is 0.400. The van der Waals surface area contributed by atoms with Crippen LogP contribution in [0.1, 0.15) is 42.9 Å². The summed E-state index contributed by atoms with van der Waals surface area (Å²) in [7, 11) is 0. The summed E-state index contributed by atoms with van der Waals surface area (Å²) in [5, 5.41) is 19.4. The van der Waals surface area contributed by atoms with Crippen molar-refractivity contribution in [2.24, 2.45) is 5.92 Å². The van der Waals surface area contributed by atoms with E-state index in [0.717, 1.165) is 0 Å². The second-order valence-electron chi connectivity index (χ2n) is 9.15. The first-order valence-corrected chi connectivity index (χ1v) is 11.3. The van der Waals surface area contributed by atoms with Crippen molar-refractivity contribution in [1.29, 1.82) is 0 Å². The summed E-state index contributed by atoms with van der Waals surface area (Å²) in [4.78, 5) is 14.9. The molecule has 0 saturated carbocycles. The van der Waals surface area contributed by atoms with Gasteiger partial charge in [-0.05, 0) is 62.1 Å². The number of ether oxygens (including phenoxy) is 1. The predicted octanol–water partition coefficient (Wildman–Crippen LogP) is 3.92. The third-order valence-corrected chi connectivity index (χ3v) is 6.12. The lowest BCUT2D eigenvalue weighted by molar-refractivity contribution is -0.111. The molecule has 2 heterocycles. The van der Waals surface area contributed by atoms with E-state index in [0.29, 0.717) is 30.8 Å². The smallest absolute Gasteiger partial charge is 0.276 e. The number of hydrogen-bond acceptors (Lipinski definition) is 5. The number of halogens is 2. The molecule has 2 atom stereocenters. The maximum Gasteiger partial charge on any atom is 0.276 e. The van der Waals surface area contributed by atoms with Crippen molar-refractivity contribution in [3.8, 4) is 11.4 Å². The van der Waals surface area contributed by atoms with Gasteiger partial charge in [0.25, 0.3) is 5.91 Å². The van der Waals surface area contributed by atoms with Crippen LogP contribution in [0.2, 0.25) is 0 Å². The zero-order valence-electron chi connectivity index (χ0n) is 19.4. The SMILES string of the molecule is Cc1c(C(=O)N2CC[C@@](O)(CC(C)C)[C@@H](Oc3ccc(F)cc3)C2)nnn1-c1ccccc1F. The van der Waals surface area contributed by atoms with Crippen LogP contribution in [0.3, 0.4) is 0 Å². The predicted molar refractivity (Wildman–Crippen MR) is 122 cm³/mol. The number of hydrogen-bond donors (Lipinski definition) is 1. The first-order valence-electron chi connectivity index (χ1n) is 11.3. The monoisotopic (exact) mass is 470 g/mol. The van der Waals surface area contributed by atoms with Crippen LogP contribution in [-0.4, -0.2) is 55.7 Å². The Morgan fingerprint density at radius 1 is 1.21 bits per heavy atom. The first-order chi connectivity index (χ1) is 16.2. The Morgan fingerprint density at radius 2 is 1.91 bits per heavy atom. The summed E-state index contributed by atoms with van der Waals surface area (Å²) in [5.74, 6) is -0.629. The topological polar surface area (TPSA) is 80.5 Å². The zero-order valence-corrected chi connectivity index (χ0v) is 19.4. The molecule has 180 valence electrons. The third-order valence-electron chi connectivity index (χ3n) is 6.12. The van der Waals surface area contributed by atoms with Gasteiger partial charge in [0.2, 0.25) is 0 Å². The van der Waals surface area contributed by atoms with Crippen LogP contribution in [-0.2, 0) is 0 Å². The van der Waals surface area contributed by atoms with E-state index in [1.165, 1.54) is 35.0 Å². The van der Waals surface area contributed by atoms with Gasteiger partial charge in [-0.3, -0.25) is 4.79 Å². The summed E-state index contributed by atoms with van der Waals surface area (Å²) in [6.07, 6.45) is 0.0760. The Hall–Kier alpha value is -3.33. The van der Waals surface area contributed by atoms with Crippen molar-refractivity contribution in [1.82, 2.24) is 19.9 Å². The van der Waals surface area contributed by atoms with E-state index in [2.05, 4.69) is 10.3 Å². The Labute approximate surface area is 197 Å². The fourth-order valence-electron chi connectivity index (χ4n) is 4.43. The van der Waals surface area contributed by atoms with Crippen LogP contribution in [0.15, 0.2) is 48.5 Å². The number of amides is 1. The van der Waals surface area contributed by atoms with E-state index in [1.807, 2.05) is 13.8 Å². The molecular weight excluding hydrogens is 442 g/mol. The molecule has 1 N–H and O–H groups in total. The molecule has 1 fully saturated rings. The van der Waals surface area contributed by atoms with Gasteiger partial charge in [-0.2, -0.15) is 0 Å². The number of piperidine rings is 1. The quantitative estimate of drug-likeness (QED) is 0.591. The Bertz CT molecular complexity index is 1170. The average molecular weight is 471 g/mol. The molecule has 1 saturated heterocycles. The van der Waals surface area contributed by atoms with Gasteiger partial charge in [-0.1, -0.05) is 31.2 Å². The van der Waals surface area contributed by atoms with E-state index in [1.54, 1.807) is 30.0 Å². The van der Waals surface area contributed by atoms with Crippen LogP contribution in [0, 0.1) is 24.5 Å². The standard InChI is InChI=1S/C25H28F2N4O3/c1-16(2)14-25(33)12-13-30(15-22(25)34-19-10-8-18(26)9-11-19)24(32)23-17(3)31(29-28-23)21-7-5-4-6-20(21)27/h4-11,16,22,33H,12-15H2,1-3H3/t22-,25+/m0/s1. The maximum absolute atomic E-state index is 14.2. The number of para-hydroxylation sites is 1. The van der Waals surface area contributed by atoms with Crippen LogP contribution in [0.25, 0.3) is 5.69 Å².